The summed E-state index contributed by atoms with van der Waals surface area (Å²) in [6, 6.07) is 0. The van der Waals surface area contributed by atoms with Crippen LogP contribution in [0.25, 0.3) is 0 Å². The highest BCUT2D eigenvalue weighted by Crippen LogP contribution is 2.36. The van der Waals surface area contributed by atoms with Gasteiger partial charge in [0, 0.05) is 31.1 Å². The minimum absolute atomic E-state index is 0.0151. The molecule has 0 aromatic rings. The van der Waals surface area contributed by atoms with Crippen LogP contribution in [-0.2, 0) is 32.9 Å². The molecule has 1 rings (SSSR count). The number of phosphoric acid groups is 1. The standard InChI is InChI=1S/C38H67O11P/c1-4-5-15-21-31(39)25-26-34-33(35(40)27-36(34)41)22-17-13-14-19-24-38(43)49-32(29-48-50(44,45)46)28-47-37(42)23-18-12-10-8-6-7-9-11-16-20-30(2)3/h13,17,25-26,30-34,36,39,41H,4-12,14-16,18-24,27-29H2,1-3H3,(H2,44,45,46)/b17-13-,26-25+/t31-,32+,33+,34+,36+/m0/s1. The molecule has 0 unspecified atom stereocenters. The predicted molar refractivity (Wildman–Crippen MR) is 194 cm³/mol. The summed E-state index contributed by atoms with van der Waals surface area (Å²) >= 11 is 0. The van der Waals surface area contributed by atoms with E-state index in [2.05, 4.69) is 25.3 Å². The molecule has 0 radical (unpaired) electrons. The molecule has 4 N–H and O–H groups in total. The summed E-state index contributed by atoms with van der Waals surface area (Å²) in [5, 5.41) is 20.6. The van der Waals surface area contributed by atoms with Gasteiger partial charge >= 0.3 is 19.8 Å². The quantitative estimate of drug-likeness (QED) is 0.0247. The van der Waals surface area contributed by atoms with Gasteiger partial charge in [0.2, 0.25) is 0 Å². The Morgan fingerprint density at radius 2 is 1.48 bits per heavy atom. The number of hydrogen-bond donors (Lipinski definition) is 4. The minimum Gasteiger partial charge on any atom is -0.462 e. The van der Waals surface area contributed by atoms with Crippen molar-refractivity contribution in [1.82, 2.24) is 0 Å². The summed E-state index contributed by atoms with van der Waals surface area (Å²) < 4.78 is 26.3. The van der Waals surface area contributed by atoms with Gasteiger partial charge < -0.3 is 29.5 Å². The molecule has 0 aliphatic heterocycles. The molecule has 1 aliphatic rings. The Morgan fingerprint density at radius 3 is 2.12 bits per heavy atom. The van der Waals surface area contributed by atoms with E-state index in [0.29, 0.717) is 32.1 Å². The normalized spacial score (nSPS) is 19.5. The van der Waals surface area contributed by atoms with Crippen molar-refractivity contribution in [2.24, 2.45) is 17.8 Å². The lowest BCUT2D eigenvalue weighted by molar-refractivity contribution is -0.161. The number of phosphoric ester groups is 1. The molecule has 5 atom stereocenters. The molecule has 0 heterocycles. The Hall–Kier alpha value is -1.88. The van der Waals surface area contributed by atoms with Crippen molar-refractivity contribution >= 4 is 25.5 Å². The van der Waals surface area contributed by atoms with Crippen molar-refractivity contribution < 1.29 is 52.9 Å². The fourth-order valence-electron chi connectivity index (χ4n) is 6.07. The highest BCUT2D eigenvalue weighted by molar-refractivity contribution is 7.46. The van der Waals surface area contributed by atoms with Crippen LogP contribution < -0.4 is 0 Å². The van der Waals surface area contributed by atoms with Crippen molar-refractivity contribution in [2.45, 2.75) is 167 Å². The number of unbranched alkanes of at least 4 members (excludes halogenated alkanes) is 11. The first-order chi connectivity index (χ1) is 23.8. The summed E-state index contributed by atoms with van der Waals surface area (Å²) in [4.78, 5) is 55.3. The average molecular weight is 731 g/mol. The monoisotopic (exact) mass is 730 g/mol. The van der Waals surface area contributed by atoms with Gasteiger partial charge in [-0.1, -0.05) is 122 Å². The van der Waals surface area contributed by atoms with Gasteiger partial charge in [-0.3, -0.25) is 18.9 Å². The molecule has 1 aliphatic carbocycles. The second kappa shape index (κ2) is 27.7. The summed E-state index contributed by atoms with van der Waals surface area (Å²) in [6.07, 6.45) is 21.4. The first-order valence-electron chi connectivity index (χ1n) is 19.1. The van der Waals surface area contributed by atoms with Crippen LogP contribution in [0.3, 0.4) is 0 Å². The molecule has 1 saturated carbocycles. The van der Waals surface area contributed by atoms with Gasteiger partial charge in [-0.05, 0) is 38.0 Å². The van der Waals surface area contributed by atoms with E-state index in [1.807, 2.05) is 12.2 Å². The number of aliphatic hydroxyl groups excluding tert-OH is 2. The first-order valence-corrected chi connectivity index (χ1v) is 20.6. The molecule has 0 saturated heterocycles. The first kappa shape index (κ1) is 46.1. The number of rotatable bonds is 30. The number of hydrogen-bond acceptors (Lipinski definition) is 9. The topological polar surface area (TPSA) is 177 Å². The fraction of sp³-hybridized carbons (Fsp3) is 0.816. The Bertz CT molecular complexity index is 1040. The van der Waals surface area contributed by atoms with E-state index in [9.17, 15) is 29.2 Å². The van der Waals surface area contributed by atoms with Crippen molar-refractivity contribution in [3.05, 3.63) is 24.3 Å². The zero-order valence-electron chi connectivity index (χ0n) is 30.9. The zero-order chi connectivity index (χ0) is 37.2. The average Bonchev–Trinajstić information content (AvgIpc) is 3.32. The van der Waals surface area contributed by atoms with Gasteiger partial charge in [0.1, 0.15) is 12.4 Å². The van der Waals surface area contributed by atoms with E-state index < -0.39 is 44.7 Å². The number of aliphatic hydroxyl groups is 2. The third kappa shape index (κ3) is 24.3. The summed E-state index contributed by atoms with van der Waals surface area (Å²) in [5.41, 5.74) is 0. The van der Waals surface area contributed by atoms with E-state index in [1.54, 1.807) is 12.2 Å². The molecule has 11 nitrogen and oxygen atoms in total. The number of Topliss-reactive ketones (excluding diaryl/α,β-unsaturated/α-hetero) is 1. The lowest BCUT2D eigenvalue weighted by Crippen LogP contribution is -2.29. The van der Waals surface area contributed by atoms with E-state index in [0.717, 1.165) is 44.4 Å². The van der Waals surface area contributed by atoms with Crippen molar-refractivity contribution in [3.8, 4) is 0 Å². The van der Waals surface area contributed by atoms with Crippen molar-refractivity contribution in [1.29, 1.82) is 0 Å². The number of esters is 2. The van der Waals surface area contributed by atoms with E-state index in [-0.39, 0.29) is 43.5 Å². The molecule has 0 aromatic heterocycles. The number of allylic oxidation sites excluding steroid dienone is 2. The minimum atomic E-state index is -4.82. The maximum absolute atomic E-state index is 12.5. The molecule has 0 spiro atoms. The number of ether oxygens (including phenoxy) is 2. The van der Waals surface area contributed by atoms with Gasteiger partial charge in [-0.2, -0.15) is 0 Å². The SMILES string of the molecule is CCCCC[C@H](O)/C=C/[C@H]1[C@H](O)CC(=O)[C@@H]1C/C=C\CCCC(=O)O[C@H](COC(=O)CCCCCCCCCCCC(C)C)COP(=O)(O)O. The van der Waals surface area contributed by atoms with Crippen molar-refractivity contribution in [3.63, 3.8) is 0 Å². The van der Waals surface area contributed by atoms with Crippen LogP contribution >= 0.6 is 7.82 Å². The second-order valence-electron chi connectivity index (χ2n) is 14.2. The third-order valence-corrected chi connectivity index (χ3v) is 9.50. The van der Waals surface area contributed by atoms with Crippen LogP contribution in [0.15, 0.2) is 24.3 Å². The maximum Gasteiger partial charge on any atom is 0.469 e. The Balaban J connectivity index is 2.36. The zero-order valence-corrected chi connectivity index (χ0v) is 31.8. The van der Waals surface area contributed by atoms with Gasteiger partial charge in [-0.25, -0.2) is 4.57 Å². The number of carbonyl (C=O) groups is 3. The summed E-state index contributed by atoms with van der Waals surface area (Å²) in [7, 11) is -4.82. The van der Waals surface area contributed by atoms with Gasteiger partial charge in [0.05, 0.1) is 18.8 Å². The largest absolute Gasteiger partial charge is 0.469 e. The highest BCUT2D eigenvalue weighted by atomic mass is 31.2. The summed E-state index contributed by atoms with van der Waals surface area (Å²) in [6.45, 7) is 5.62. The van der Waals surface area contributed by atoms with Crippen LogP contribution in [0.2, 0.25) is 0 Å². The Kier molecular flexibility index (Phi) is 25.6. The smallest absolute Gasteiger partial charge is 0.462 e. The molecule has 0 bridgehead atoms. The third-order valence-electron chi connectivity index (χ3n) is 9.02. The van der Waals surface area contributed by atoms with Crippen LogP contribution in [0.5, 0.6) is 0 Å². The van der Waals surface area contributed by atoms with Crippen LogP contribution in [0.4, 0.5) is 0 Å². The lowest BCUT2D eigenvalue weighted by atomic mass is 9.90. The number of ketones is 1. The van der Waals surface area contributed by atoms with Gasteiger partial charge in [0.15, 0.2) is 6.10 Å². The van der Waals surface area contributed by atoms with Gasteiger partial charge in [0.25, 0.3) is 0 Å². The molecular weight excluding hydrogens is 663 g/mol. The molecule has 0 amide bonds. The number of carbonyl (C=O) groups excluding carboxylic acids is 3. The second-order valence-corrected chi connectivity index (χ2v) is 15.4. The van der Waals surface area contributed by atoms with Crippen molar-refractivity contribution in [2.75, 3.05) is 13.2 Å². The predicted octanol–water partition coefficient (Wildman–Crippen LogP) is 7.68. The molecule has 290 valence electrons. The fourth-order valence-corrected chi connectivity index (χ4v) is 6.43. The Morgan fingerprint density at radius 1 is 0.860 bits per heavy atom. The molecule has 12 heteroatoms. The maximum atomic E-state index is 12.5. The molecular formula is C38H67O11P. The van der Waals surface area contributed by atoms with E-state index in [1.165, 1.54) is 38.5 Å². The molecule has 1 fully saturated rings. The lowest BCUT2D eigenvalue weighted by Gasteiger charge is -2.18. The van der Waals surface area contributed by atoms with Crippen LogP contribution in [0.1, 0.15) is 149 Å². The summed E-state index contributed by atoms with van der Waals surface area (Å²) in [5.74, 6) is -1.06. The van der Waals surface area contributed by atoms with Crippen LogP contribution in [0, 0.1) is 17.8 Å². The molecule has 50 heavy (non-hydrogen) atoms. The highest BCUT2D eigenvalue weighted by Gasteiger charge is 2.39. The van der Waals surface area contributed by atoms with E-state index >= 15 is 0 Å². The van der Waals surface area contributed by atoms with Gasteiger partial charge in [-0.15, -0.1) is 0 Å². The van der Waals surface area contributed by atoms with Crippen LogP contribution in [-0.4, -0.2) is 69.2 Å². The molecule has 0 aromatic carbocycles. The Labute approximate surface area is 300 Å². The van der Waals surface area contributed by atoms with E-state index in [4.69, 9.17) is 19.3 Å².